The van der Waals surface area contributed by atoms with Crippen LogP contribution in [0.2, 0.25) is 0 Å². The number of halogens is 2. The fourth-order valence-electron chi connectivity index (χ4n) is 1.93. The lowest BCUT2D eigenvalue weighted by atomic mass is 10.2. The zero-order chi connectivity index (χ0) is 14.7. The van der Waals surface area contributed by atoms with E-state index in [0.29, 0.717) is 12.3 Å². The summed E-state index contributed by atoms with van der Waals surface area (Å²) in [6.45, 7) is 0.558. The van der Waals surface area contributed by atoms with Crippen molar-refractivity contribution < 1.29 is 5.11 Å². The van der Waals surface area contributed by atoms with Crippen molar-refractivity contribution in [3.63, 3.8) is 0 Å². The Labute approximate surface area is 135 Å². The van der Waals surface area contributed by atoms with E-state index in [1.165, 1.54) is 0 Å². The summed E-state index contributed by atoms with van der Waals surface area (Å²) < 4.78 is 1.97. The molecule has 2 rings (SSSR count). The summed E-state index contributed by atoms with van der Waals surface area (Å²) in [5, 5.41) is 13.2. The molecule has 0 radical (unpaired) electrons. The van der Waals surface area contributed by atoms with E-state index in [-0.39, 0.29) is 0 Å². The van der Waals surface area contributed by atoms with Gasteiger partial charge in [0.15, 0.2) is 0 Å². The van der Waals surface area contributed by atoms with Crippen LogP contribution in [0.4, 0.5) is 11.4 Å². The maximum Gasteiger partial charge on any atom is 0.120 e. The molecule has 5 heteroatoms. The van der Waals surface area contributed by atoms with Crippen molar-refractivity contribution in [1.82, 2.24) is 0 Å². The lowest BCUT2D eigenvalue weighted by Gasteiger charge is -2.19. The van der Waals surface area contributed by atoms with Crippen molar-refractivity contribution >= 4 is 43.2 Å². The molecule has 20 heavy (non-hydrogen) atoms. The maximum absolute atomic E-state index is 9.87. The van der Waals surface area contributed by atoms with Gasteiger partial charge in [-0.3, -0.25) is 0 Å². The molecule has 0 aliphatic carbocycles. The number of phenolic OH excluding ortho intramolecular Hbond substituents is 1. The van der Waals surface area contributed by atoms with Crippen LogP contribution < -0.4 is 10.2 Å². The Hall–Kier alpha value is -1.20. The molecule has 106 valence electrons. The number of benzene rings is 2. The van der Waals surface area contributed by atoms with Gasteiger partial charge in [-0.25, -0.2) is 0 Å². The fourth-order valence-corrected chi connectivity index (χ4v) is 2.70. The molecule has 0 atom stereocenters. The molecule has 0 saturated carbocycles. The van der Waals surface area contributed by atoms with Crippen molar-refractivity contribution in [2.24, 2.45) is 0 Å². The summed E-state index contributed by atoms with van der Waals surface area (Å²) in [4.78, 5) is 2.05. The molecule has 0 heterocycles. The van der Waals surface area contributed by atoms with Gasteiger partial charge in [0, 0.05) is 35.1 Å². The van der Waals surface area contributed by atoms with Gasteiger partial charge >= 0.3 is 0 Å². The molecule has 2 aromatic rings. The molecule has 2 aromatic carbocycles. The molecule has 2 N–H and O–H groups in total. The first kappa shape index (κ1) is 15.2. The topological polar surface area (TPSA) is 35.5 Å². The minimum Gasteiger partial charge on any atom is -0.508 e. The van der Waals surface area contributed by atoms with Crippen LogP contribution in [0.25, 0.3) is 0 Å². The smallest absolute Gasteiger partial charge is 0.120 e. The summed E-state index contributed by atoms with van der Waals surface area (Å²) in [6, 6.07) is 11.5. The highest BCUT2D eigenvalue weighted by molar-refractivity contribution is 9.10. The Morgan fingerprint density at radius 3 is 2.40 bits per heavy atom. The number of nitrogens with one attached hydrogen (secondary N) is 1. The van der Waals surface area contributed by atoms with Gasteiger partial charge in [0.25, 0.3) is 0 Å². The van der Waals surface area contributed by atoms with Gasteiger partial charge < -0.3 is 15.3 Å². The first-order chi connectivity index (χ1) is 9.47. The van der Waals surface area contributed by atoms with Gasteiger partial charge in [-0.1, -0.05) is 31.9 Å². The maximum atomic E-state index is 9.87. The van der Waals surface area contributed by atoms with Crippen molar-refractivity contribution in [2.45, 2.75) is 6.54 Å². The van der Waals surface area contributed by atoms with Crippen LogP contribution in [0, 0.1) is 0 Å². The normalized spacial score (nSPS) is 10.4. The Kier molecular flexibility index (Phi) is 4.94. The van der Waals surface area contributed by atoms with E-state index in [9.17, 15) is 5.11 Å². The molecular formula is C15H16Br2N2O. The SMILES string of the molecule is CN(C)c1ccc(Br)cc1NCc1cc(Br)ccc1O. The zero-order valence-electron chi connectivity index (χ0n) is 11.3. The zero-order valence-corrected chi connectivity index (χ0v) is 14.5. The third-order valence-corrected chi connectivity index (χ3v) is 3.94. The lowest BCUT2D eigenvalue weighted by molar-refractivity contribution is 0.469. The van der Waals surface area contributed by atoms with Gasteiger partial charge in [-0.2, -0.15) is 0 Å². The molecule has 0 aliphatic rings. The largest absolute Gasteiger partial charge is 0.508 e. The van der Waals surface area contributed by atoms with Crippen LogP contribution in [0.5, 0.6) is 5.75 Å². The van der Waals surface area contributed by atoms with Gasteiger partial charge in [0.1, 0.15) is 5.75 Å². The van der Waals surface area contributed by atoms with Crippen LogP contribution in [0.1, 0.15) is 5.56 Å². The van der Waals surface area contributed by atoms with Crippen LogP contribution in [-0.4, -0.2) is 19.2 Å². The van der Waals surface area contributed by atoms with E-state index >= 15 is 0 Å². The van der Waals surface area contributed by atoms with Crippen molar-refractivity contribution in [3.8, 4) is 5.75 Å². The predicted molar refractivity (Wildman–Crippen MR) is 91.6 cm³/mol. The van der Waals surface area contributed by atoms with E-state index in [1.807, 2.05) is 44.4 Å². The third kappa shape index (κ3) is 3.67. The van der Waals surface area contributed by atoms with Crippen LogP contribution >= 0.6 is 31.9 Å². The van der Waals surface area contributed by atoms with Gasteiger partial charge in [-0.15, -0.1) is 0 Å². The average Bonchev–Trinajstić information content (AvgIpc) is 2.39. The van der Waals surface area contributed by atoms with Crippen LogP contribution in [0.3, 0.4) is 0 Å². The molecule has 0 bridgehead atoms. The van der Waals surface area contributed by atoms with Crippen molar-refractivity contribution in [3.05, 3.63) is 50.9 Å². The summed E-state index contributed by atoms with van der Waals surface area (Å²) >= 11 is 6.90. The first-order valence-electron chi connectivity index (χ1n) is 6.15. The summed E-state index contributed by atoms with van der Waals surface area (Å²) in [7, 11) is 4.01. The summed E-state index contributed by atoms with van der Waals surface area (Å²) in [5.41, 5.74) is 2.97. The molecule has 0 unspecified atom stereocenters. The van der Waals surface area contributed by atoms with Gasteiger partial charge in [-0.05, 0) is 36.4 Å². The Bertz CT molecular complexity index is 615. The molecule has 0 aromatic heterocycles. The molecular weight excluding hydrogens is 384 g/mol. The first-order valence-corrected chi connectivity index (χ1v) is 7.74. The number of hydrogen-bond acceptors (Lipinski definition) is 3. The second kappa shape index (κ2) is 6.50. The highest BCUT2D eigenvalue weighted by atomic mass is 79.9. The van der Waals surface area contributed by atoms with E-state index < -0.39 is 0 Å². The number of phenols is 1. The number of hydrogen-bond donors (Lipinski definition) is 2. The predicted octanol–water partition coefficient (Wildman–Crippen LogP) is 4.60. The standard InChI is InChI=1S/C15H16Br2N2O/c1-19(2)14-5-3-12(17)8-13(14)18-9-10-7-11(16)4-6-15(10)20/h3-8,18,20H,9H2,1-2H3. The second-order valence-corrected chi connectivity index (χ2v) is 6.51. The fraction of sp³-hybridized carbons (Fsp3) is 0.200. The Balaban J connectivity index is 2.22. The molecule has 0 spiro atoms. The highest BCUT2D eigenvalue weighted by Gasteiger charge is 2.07. The average molecular weight is 400 g/mol. The van der Waals surface area contributed by atoms with E-state index in [2.05, 4.69) is 42.1 Å². The number of nitrogens with zero attached hydrogens (tertiary/aromatic N) is 1. The highest BCUT2D eigenvalue weighted by Crippen LogP contribution is 2.29. The van der Waals surface area contributed by atoms with Crippen molar-refractivity contribution in [2.75, 3.05) is 24.3 Å². The number of rotatable bonds is 4. The summed E-state index contributed by atoms with van der Waals surface area (Å²) in [6.07, 6.45) is 0. The Morgan fingerprint density at radius 1 is 1.05 bits per heavy atom. The van der Waals surface area contributed by atoms with E-state index in [1.54, 1.807) is 6.07 Å². The van der Waals surface area contributed by atoms with Crippen molar-refractivity contribution in [1.29, 1.82) is 0 Å². The monoisotopic (exact) mass is 398 g/mol. The number of aromatic hydroxyl groups is 1. The van der Waals surface area contributed by atoms with E-state index in [0.717, 1.165) is 25.9 Å². The molecule has 0 fully saturated rings. The Morgan fingerprint density at radius 2 is 1.70 bits per heavy atom. The van der Waals surface area contributed by atoms with E-state index in [4.69, 9.17) is 0 Å². The van der Waals surface area contributed by atoms with Crippen LogP contribution in [0.15, 0.2) is 45.3 Å². The van der Waals surface area contributed by atoms with Crippen LogP contribution in [-0.2, 0) is 6.54 Å². The number of anilines is 2. The van der Waals surface area contributed by atoms with Gasteiger partial charge in [0.2, 0.25) is 0 Å². The minimum atomic E-state index is 0.294. The van der Waals surface area contributed by atoms with Gasteiger partial charge in [0.05, 0.1) is 11.4 Å². The molecule has 0 aliphatic heterocycles. The second-order valence-electron chi connectivity index (χ2n) is 4.68. The minimum absolute atomic E-state index is 0.294. The quantitative estimate of drug-likeness (QED) is 0.788. The lowest BCUT2D eigenvalue weighted by Crippen LogP contribution is -2.12. The molecule has 0 amide bonds. The third-order valence-electron chi connectivity index (χ3n) is 2.95. The molecule has 3 nitrogen and oxygen atoms in total. The molecule has 0 saturated heterocycles. The summed E-state index contributed by atoms with van der Waals surface area (Å²) in [5.74, 6) is 0.294.